The van der Waals surface area contributed by atoms with Crippen molar-refractivity contribution in [3.05, 3.63) is 95.0 Å². The van der Waals surface area contributed by atoms with Crippen LogP contribution in [0.25, 0.3) is 0 Å². The standard InChI is InChI=1S/C39H49ClN6O5S/c1-2-41-26-30-15-19-34(20-16-30)52(50,51)43-35(25-29-13-17-31(40)18-14-29)37(48)44-23-21-39(22-24-44)38(49)45(28-46(39)33-11-7-4-8-12-33)27-36(47)42-32-9-5-3-6-10-32/h4,7-8,11-20,32,35,41,43H,2-3,5-6,9-10,21-28H2,1H3,(H,42,47). The number of piperidine rings is 1. The molecule has 13 heteroatoms. The molecule has 11 nitrogen and oxygen atoms in total. The third kappa shape index (κ3) is 8.79. The highest BCUT2D eigenvalue weighted by molar-refractivity contribution is 7.89. The average Bonchev–Trinajstić information content (AvgIpc) is 3.41. The number of sulfonamides is 1. The van der Waals surface area contributed by atoms with Crippen molar-refractivity contribution in [2.45, 2.75) is 87.4 Å². The van der Waals surface area contributed by atoms with E-state index in [9.17, 15) is 22.8 Å². The molecule has 2 heterocycles. The molecule has 1 saturated carbocycles. The van der Waals surface area contributed by atoms with Gasteiger partial charge in [-0.15, -0.1) is 0 Å². The number of likely N-dealkylation sites (tertiary alicyclic amines) is 1. The Kier molecular flexibility index (Phi) is 12.2. The van der Waals surface area contributed by atoms with Crippen LogP contribution in [0.4, 0.5) is 5.69 Å². The van der Waals surface area contributed by atoms with Crippen molar-refractivity contribution in [3.8, 4) is 0 Å². The maximum absolute atomic E-state index is 14.3. The zero-order chi connectivity index (χ0) is 36.7. The summed E-state index contributed by atoms with van der Waals surface area (Å²) in [6.45, 7) is 4.14. The first-order valence-electron chi connectivity index (χ1n) is 18.3. The first-order valence-corrected chi connectivity index (χ1v) is 20.2. The predicted molar refractivity (Wildman–Crippen MR) is 202 cm³/mol. The lowest BCUT2D eigenvalue weighted by molar-refractivity contribution is -0.140. The number of carbonyl (C=O) groups excluding carboxylic acids is 3. The molecule has 3 amide bonds. The Morgan fingerprint density at radius 1 is 0.904 bits per heavy atom. The summed E-state index contributed by atoms with van der Waals surface area (Å²) in [5, 5.41) is 6.90. The number of nitrogens with zero attached hydrogens (tertiary/aromatic N) is 3. The SMILES string of the molecule is CCNCc1ccc(S(=O)(=O)NC(Cc2ccc(Cl)cc2)C(=O)N2CCC3(CC2)C(=O)N(CC(=O)NC2CCCCC2)CN3c2ccccc2)cc1. The van der Waals surface area contributed by atoms with Crippen molar-refractivity contribution >= 4 is 45.0 Å². The van der Waals surface area contributed by atoms with Gasteiger partial charge in [0, 0.05) is 36.4 Å². The van der Waals surface area contributed by atoms with E-state index in [4.69, 9.17) is 11.6 Å². The number of nitrogens with one attached hydrogen (secondary N) is 3. The van der Waals surface area contributed by atoms with Crippen LogP contribution in [0.5, 0.6) is 0 Å². The molecule has 52 heavy (non-hydrogen) atoms. The summed E-state index contributed by atoms with van der Waals surface area (Å²) in [5.74, 6) is -0.640. The van der Waals surface area contributed by atoms with E-state index >= 15 is 0 Å². The predicted octanol–water partition coefficient (Wildman–Crippen LogP) is 4.46. The van der Waals surface area contributed by atoms with Gasteiger partial charge < -0.3 is 25.3 Å². The van der Waals surface area contributed by atoms with Gasteiger partial charge in [0.2, 0.25) is 21.8 Å². The molecule has 2 saturated heterocycles. The van der Waals surface area contributed by atoms with Crippen LogP contribution >= 0.6 is 11.6 Å². The van der Waals surface area contributed by atoms with Crippen molar-refractivity contribution in [1.82, 2.24) is 25.2 Å². The van der Waals surface area contributed by atoms with Gasteiger partial charge in [0.1, 0.15) is 18.1 Å². The second-order valence-electron chi connectivity index (χ2n) is 14.1. The van der Waals surface area contributed by atoms with Gasteiger partial charge in [-0.1, -0.05) is 80.3 Å². The van der Waals surface area contributed by atoms with Gasteiger partial charge in [-0.25, -0.2) is 8.42 Å². The monoisotopic (exact) mass is 748 g/mol. The van der Waals surface area contributed by atoms with Crippen molar-refractivity contribution < 1.29 is 22.8 Å². The molecule has 0 aromatic heterocycles. The molecular weight excluding hydrogens is 700 g/mol. The second-order valence-corrected chi connectivity index (χ2v) is 16.2. The third-order valence-corrected chi connectivity index (χ3v) is 12.3. The van der Waals surface area contributed by atoms with Crippen LogP contribution in [0, 0.1) is 0 Å². The maximum Gasteiger partial charge on any atom is 0.250 e. The molecule has 1 atom stereocenters. The highest BCUT2D eigenvalue weighted by atomic mass is 35.5. The summed E-state index contributed by atoms with van der Waals surface area (Å²) < 4.78 is 30.1. The normalized spacial score (nSPS) is 18.5. The van der Waals surface area contributed by atoms with Crippen LogP contribution in [-0.2, 0) is 37.4 Å². The summed E-state index contributed by atoms with van der Waals surface area (Å²) in [5.41, 5.74) is 1.63. The molecule has 3 fully saturated rings. The lowest BCUT2D eigenvalue weighted by Gasteiger charge is -2.44. The van der Waals surface area contributed by atoms with Crippen LogP contribution in [0.15, 0.2) is 83.8 Å². The fourth-order valence-corrected chi connectivity index (χ4v) is 9.00. The van der Waals surface area contributed by atoms with Gasteiger partial charge in [0.25, 0.3) is 5.91 Å². The number of benzene rings is 3. The molecule has 1 spiro atoms. The number of hydrogen-bond acceptors (Lipinski definition) is 7. The Bertz CT molecular complexity index is 1790. The minimum atomic E-state index is -4.07. The molecule has 3 aliphatic rings. The number of anilines is 1. The van der Waals surface area contributed by atoms with Crippen molar-refractivity contribution in [3.63, 3.8) is 0 Å². The van der Waals surface area contributed by atoms with E-state index in [1.807, 2.05) is 37.3 Å². The highest BCUT2D eigenvalue weighted by Gasteiger charge is 2.54. The van der Waals surface area contributed by atoms with E-state index in [1.54, 1.807) is 58.3 Å². The summed E-state index contributed by atoms with van der Waals surface area (Å²) in [6.07, 6.45) is 6.09. The van der Waals surface area contributed by atoms with E-state index in [-0.39, 0.29) is 61.4 Å². The summed E-state index contributed by atoms with van der Waals surface area (Å²) in [7, 11) is -4.07. The van der Waals surface area contributed by atoms with Crippen LogP contribution < -0.4 is 20.3 Å². The number of amides is 3. The molecule has 278 valence electrons. The Balaban J connectivity index is 1.19. The lowest BCUT2D eigenvalue weighted by Crippen LogP contribution is -2.59. The van der Waals surface area contributed by atoms with E-state index < -0.39 is 21.6 Å². The molecule has 6 rings (SSSR count). The molecule has 3 aromatic rings. The van der Waals surface area contributed by atoms with Gasteiger partial charge in [0.15, 0.2) is 0 Å². The Labute approximate surface area is 312 Å². The first-order chi connectivity index (χ1) is 25.1. The molecule has 3 N–H and O–H groups in total. The van der Waals surface area contributed by atoms with E-state index in [0.29, 0.717) is 24.4 Å². The summed E-state index contributed by atoms with van der Waals surface area (Å²) >= 11 is 6.12. The van der Waals surface area contributed by atoms with Crippen molar-refractivity contribution in [2.24, 2.45) is 0 Å². The topological polar surface area (TPSA) is 131 Å². The summed E-state index contributed by atoms with van der Waals surface area (Å²) in [6, 6.07) is 22.4. The average molecular weight is 749 g/mol. The number of para-hydroxylation sites is 1. The molecule has 0 bridgehead atoms. The number of halogens is 1. The molecule has 3 aromatic carbocycles. The van der Waals surface area contributed by atoms with Crippen LogP contribution in [0.3, 0.4) is 0 Å². The quantitative estimate of drug-likeness (QED) is 0.236. The molecule has 2 aliphatic heterocycles. The van der Waals surface area contributed by atoms with Crippen LogP contribution in [0.2, 0.25) is 5.02 Å². The molecule has 1 unspecified atom stereocenters. The molecule has 0 radical (unpaired) electrons. The van der Waals surface area contributed by atoms with Crippen LogP contribution in [-0.4, -0.2) is 86.4 Å². The summed E-state index contributed by atoms with van der Waals surface area (Å²) in [4.78, 5) is 47.2. The smallest absolute Gasteiger partial charge is 0.250 e. The van der Waals surface area contributed by atoms with Gasteiger partial charge in [-0.2, -0.15) is 4.72 Å². The Hall–Kier alpha value is -3.97. The number of hydrogen-bond donors (Lipinski definition) is 3. The van der Waals surface area contributed by atoms with E-state index in [0.717, 1.165) is 49.0 Å². The minimum absolute atomic E-state index is 0.0237. The second kappa shape index (κ2) is 16.8. The zero-order valence-electron chi connectivity index (χ0n) is 29.7. The fraction of sp³-hybridized carbons (Fsp3) is 0.462. The molecule has 1 aliphatic carbocycles. The number of rotatable bonds is 13. The lowest BCUT2D eigenvalue weighted by atomic mass is 9.85. The minimum Gasteiger partial charge on any atom is -0.352 e. The third-order valence-electron chi connectivity index (χ3n) is 10.6. The zero-order valence-corrected chi connectivity index (χ0v) is 31.3. The Morgan fingerprint density at radius 2 is 1.56 bits per heavy atom. The fourth-order valence-electron chi connectivity index (χ4n) is 7.68. The largest absolute Gasteiger partial charge is 0.352 e. The van der Waals surface area contributed by atoms with E-state index in [2.05, 4.69) is 20.3 Å². The molecular formula is C39H49ClN6O5S. The Morgan fingerprint density at radius 3 is 2.21 bits per heavy atom. The maximum atomic E-state index is 14.3. The van der Waals surface area contributed by atoms with Gasteiger partial charge in [0.05, 0.1) is 11.6 Å². The van der Waals surface area contributed by atoms with Crippen LogP contribution in [0.1, 0.15) is 63.0 Å². The van der Waals surface area contributed by atoms with E-state index in [1.165, 1.54) is 6.42 Å². The number of carbonyl (C=O) groups is 3. The van der Waals surface area contributed by atoms with Gasteiger partial charge >= 0.3 is 0 Å². The van der Waals surface area contributed by atoms with Crippen molar-refractivity contribution in [2.75, 3.05) is 37.7 Å². The van der Waals surface area contributed by atoms with Gasteiger partial charge in [-0.05, 0) is 86.2 Å². The first kappa shape index (κ1) is 37.8. The van der Waals surface area contributed by atoms with Gasteiger partial charge in [-0.3, -0.25) is 14.4 Å². The highest BCUT2D eigenvalue weighted by Crippen LogP contribution is 2.39. The van der Waals surface area contributed by atoms with Crippen molar-refractivity contribution in [1.29, 1.82) is 0 Å².